The van der Waals surface area contributed by atoms with Crippen LogP contribution in [0.15, 0.2) is 54.6 Å². The zero-order valence-corrected chi connectivity index (χ0v) is 14.2. The summed E-state index contributed by atoms with van der Waals surface area (Å²) in [6.07, 6.45) is 3.49. The van der Waals surface area contributed by atoms with E-state index in [9.17, 15) is 0 Å². The number of nitrogens with zero attached hydrogens (tertiary/aromatic N) is 1. The molecule has 2 aromatic carbocycles. The van der Waals surface area contributed by atoms with Gasteiger partial charge in [0.15, 0.2) is 0 Å². The molecule has 0 radical (unpaired) electrons. The average Bonchev–Trinajstić information content (AvgIpc) is 2.61. The van der Waals surface area contributed by atoms with Crippen molar-refractivity contribution in [2.24, 2.45) is 5.73 Å². The number of rotatable bonds is 9. The Morgan fingerprint density at radius 3 is 2.39 bits per heavy atom. The normalized spacial score (nSPS) is 12.0. The zero-order valence-electron chi connectivity index (χ0n) is 14.2. The molecule has 0 aliphatic heterocycles. The van der Waals surface area contributed by atoms with Crippen molar-refractivity contribution in [1.29, 1.82) is 0 Å². The van der Waals surface area contributed by atoms with Gasteiger partial charge in [0, 0.05) is 24.8 Å². The molecule has 2 N–H and O–H groups in total. The third kappa shape index (κ3) is 4.73. The largest absolute Gasteiger partial charge is 0.493 e. The van der Waals surface area contributed by atoms with Gasteiger partial charge in [-0.1, -0.05) is 56.2 Å². The Kier molecular flexibility index (Phi) is 6.95. The predicted molar refractivity (Wildman–Crippen MR) is 98.1 cm³/mol. The highest BCUT2D eigenvalue weighted by atomic mass is 16.5. The topological polar surface area (TPSA) is 38.5 Å². The molecule has 124 valence electrons. The monoisotopic (exact) mass is 312 g/mol. The number of hydrogen-bond donors (Lipinski definition) is 1. The summed E-state index contributed by atoms with van der Waals surface area (Å²) in [7, 11) is 2.08. The van der Waals surface area contributed by atoms with E-state index in [1.807, 2.05) is 30.3 Å². The van der Waals surface area contributed by atoms with Crippen LogP contribution in [0.4, 0.5) is 5.69 Å². The summed E-state index contributed by atoms with van der Waals surface area (Å²) in [6.45, 7) is 3.51. The van der Waals surface area contributed by atoms with Crippen LogP contribution in [0.1, 0.15) is 37.8 Å². The smallest absolute Gasteiger partial charge is 0.124 e. The first-order chi connectivity index (χ1) is 11.3. The molecule has 0 aliphatic carbocycles. The Labute approximate surface area is 140 Å². The number of para-hydroxylation sites is 2. The third-order valence-corrected chi connectivity index (χ3v) is 4.14. The number of nitrogens with two attached hydrogens (primary N) is 1. The van der Waals surface area contributed by atoms with E-state index in [-0.39, 0.29) is 6.04 Å². The van der Waals surface area contributed by atoms with Crippen molar-refractivity contribution < 1.29 is 4.74 Å². The van der Waals surface area contributed by atoms with Crippen molar-refractivity contribution in [2.75, 3.05) is 25.1 Å². The molecule has 3 nitrogen and oxygen atoms in total. The summed E-state index contributed by atoms with van der Waals surface area (Å²) in [5.41, 5.74) is 8.40. The van der Waals surface area contributed by atoms with Gasteiger partial charge in [-0.05, 0) is 24.6 Å². The number of unbranched alkanes of at least 4 members (excludes halogenated alkanes) is 2. The molecule has 0 fully saturated rings. The minimum absolute atomic E-state index is 0.0970. The fourth-order valence-corrected chi connectivity index (χ4v) is 2.76. The highest BCUT2D eigenvalue weighted by Gasteiger charge is 2.19. The number of likely N-dealkylation sites (N-methyl/N-ethyl adjacent to an activating group) is 1. The number of hydrogen-bond acceptors (Lipinski definition) is 3. The lowest BCUT2D eigenvalue weighted by Crippen LogP contribution is -2.30. The second kappa shape index (κ2) is 9.21. The second-order valence-corrected chi connectivity index (χ2v) is 5.79. The number of ether oxygens (including phenoxy) is 1. The van der Waals surface area contributed by atoms with Crippen molar-refractivity contribution in [3.05, 3.63) is 60.2 Å². The van der Waals surface area contributed by atoms with Gasteiger partial charge in [0.2, 0.25) is 0 Å². The molecule has 23 heavy (non-hydrogen) atoms. The Balaban J connectivity index is 2.17. The van der Waals surface area contributed by atoms with Gasteiger partial charge >= 0.3 is 0 Å². The van der Waals surface area contributed by atoms with Crippen molar-refractivity contribution >= 4 is 5.69 Å². The molecule has 0 saturated carbocycles. The van der Waals surface area contributed by atoms with Crippen molar-refractivity contribution in [3.8, 4) is 5.75 Å². The molecule has 0 aromatic heterocycles. The zero-order chi connectivity index (χ0) is 16.5. The molecule has 3 heteroatoms. The van der Waals surface area contributed by atoms with Crippen LogP contribution >= 0.6 is 0 Å². The van der Waals surface area contributed by atoms with E-state index in [0.29, 0.717) is 6.54 Å². The molecular weight excluding hydrogens is 284 g/mol. The lowest BCUT2D eigenvalue weighted by Gasteiger charge is -2.30. The minimum Gasteiger partial charge on any atom is -0.493 e. The standard InChI is InChI=1S/C20H28N2O/c1-3-4-10-15-23-20-14-9-8-13-18(20)19(16-21)22(2)17-11-6-5-7-12-17/h5-9,11-14,19H,3-4,10,15-16,21H2,1-2H3. The summed E-state index contributed by atoms with van der Waals surface area (Å²) < 4.78 is 6.03. The molecule has 0 bridgehead atoms. The number of benzene rings is 2. The maximum Gasteiger partial charge on any atom is 0.124 e. The molecule has 0 spiro atoms. The molecule has 0 aliphatic rings. The van der Waals surface area contributed by atoms with E-state index < -0.39 is 0 Å². The van der Waals surface area contributed by atoms with Gasteiger partial charge in [0.05, 0.1) is 12.6 Å². The van der Waals surface area contributed by atoms with E-state index in [4.69, 9.17) is 10.5 Å². The van der Waals surface area contributed by atoms with Crippen molar-refractivity contribution in [1.82, 2.24) is 0 Å². The van der Waals surface area contributed by atoms with Gasteiger partial charge < -0.3 is 15.4 Å². The summed E-state index contributed by atoms with van der Waals surface area (Å²) >= 11 is 0. The van der Waals surface area contributed by atoms with E-state index in [1.54, 1.807) is 0 Å². The molecule has 0 amide bonds. The summed E-state index contributed by atoms with van der Waals surface area (Å²) in [4.78, 5) is 2.22. The summed E-state index contributed by atoms with van der Waals surface area (Å²) in [5.74, 6) is 0.946. The van der Waals surface area contributed by atoms with Crippen LogP contribution in [-0.2, 0) is 0 Å². The van der Waals surface area contributed by atoms with Gasteiger partial charge in [0.1, 0.15) is 5.75 Å². The molecule has 1 unspecified atom stereocenters. The third-order valence-electron chi connectivity index (χ3n) is 4.14. The van der Waals surface area contributed by atoms with Gasteiger partial charge in [-0.25, -0.2) is 0 Å². The SMILES string of the molecule is CCCCCOc1ccccc1C(CN)N(C)c1ccccc1. The van der Waals surface area contributed by atoms with Crippen molar-refractivity contribution in [3.63, 3.8) is 0 Å². The Morgan fingerprint density at radius 2 is 1.70 bits per heavy atom. The van der Waals surface area contributed by atoms with E-state index >= 15 is 0 Å². The molecule has 0 heterocycles. The van der Waals surface area contributed by atoms with Crippen LogP contribution in [0.25, 0.3) is 0 Å². The van der Waals surface area contributed by atoms with E-state index in [2.05, 4.69) is 43.1 Å². The van der Waals surface area contributed by atoms with Gasteiger partial charge in [-0.15, -0.1) is 0 Å². The van der Waals surface area contributed by atoms with Crippen LogP contribution < -0.4 is 15.4 Å². The van der Waals surface area contributed by atoms with Crippen LogP contribution in [0.3, 0.4) is 0 Å². The Bertz CT molecular complexity index is 571. The van der Waals surface area contributed by atoms with Crippen LogP contribution in [-0.4, -0.2) is 20.2 Å². The first kappa shape index (κ1) is 17.4. The highest BCUT2D eigenvalue weighted by Crippen LogP contribution is 2.31. The minimum atomic E-state index is 0.0970. The van der Waals surface area contributed by atoms with Crippen molar-refractivity contribution in [2.45, 2.75) is 32.2 Å². The van der Waals surface area contributed by atoms with Crippen LogP contribution in [0.2, 0.25) is 0 Å². The number of anilines is 1. The van der Waals surface area contributed by atoms with Gasteiger partial charge in [-0.2, -0.15) is 0 Å². The molecule has 0 saturated heterocycles. The highest BCUT2D eigenvalue weighted by molar-refractivity contribution is 5.50. The average molecular weight is 312 g/mol. The molecule has 2 rings (SSSR count). The Morgan fingerprint density at radius 1 is 1.00 bits per heavy atom. The van der Waals surface area contributed by atoms with Gasteiger partial charge in [-0.3, -0.25) is 0 Å². The van der Waals surface area contributed by atoms with E-state index in [1.165, 1.54) is 12.8 Å². The fraction of sp³-hybridized carbons (Fsp3) is 0.400. The first-order valence-electron chi connectivity index (χ1n) is 8.47. The fourth-order valence-electron chi connectivity index (χ4n) is 2.76. The van der Waals surface area contributed by atoms with Gasteiger partial charge in [0.25, 0.3) is 0 Å². The molecular formula is C20H28N2O. The Hall–Kier alpha value is -2.00. The lowest BCUT2D eigenvalue weighted by molar-refractivity contribution is 0.301. The second-order valence-electron chi connectivity index (χ2n) is 5.79. The maximum atomic E-state index is 6.09. The molecule has 1 atom stereocenters. The van der Waals surface area contributed by atoms with Crippen LogP contribution in [0.5, 0.6) is 5.75 Å². The summed E-state index contributed by atoms with van der Waals surface area (Å²) in [6, 6.07) is 18.7. The quantitative estimate of drug-likeness (QED) is 0.698. The van der Waals surface area contributed by atoms with Crippen LogP contribution in [0, 0.1) is 0 Å². The van der Waals surface area contributed by atoms with E-state index in [0.717, 1.165) is 30.0 Å². The first-order valence-corrected chi connectivity index (χ1v) is 8.47. The lowest BCUT2D eigenvalue weighted by atomic mass is 10.0. The molecule has 2 aromatic rings. The maximum absolute atomic E-state index is 6.09. The summed E-state index contributed by atoms with van der Waals surface area (Å²) in [5, 5.41) is 0. The predicted octanol–water partition coefficient (Wildman–Crippen LogP) is 4.39.